The molecule has 1 unspecified atom stereocenters. The van der Waals surface area contributed by atoms with Crippen LogP contribution in [0, 0.1) is 0 Å². The van der Waals surface area contributed by atoms with Crippen LogP contribution >= 0.6 is 11.3 Å². The Kier molecular flexibility index (Phi) is 5.17. The van der Waals surface area contributed by atoms with Gasteiger partial charge in [0.2, 0.25) is 5.91 Å². The average Bonchev–Trinajstić information content (AvgIpc) is 3.55. The molecule has 1 saturated heterocycles. The molecule has 0 bridgehead atoms. The van der Waals surface area contributed by atoms with Crippen LogP contribution in [0.5, 0.6) is 0 Å². The minimum absolute atomic E-state index is 0.0210. The second-order valence-electron chi connectivity index (χ2n) is 9.03. The highest BCUT2D eigenvalue weighted by Crippen LogP contribution is 2.36. The number of benzene rings is 2. The van der Waals surface area contributed by atoms with Crippen LogP contribution in [0.25, 0.3) is 10.2 Å². The Balaban J connectivity index is 1.16. The highest BCUT2D eigenvalue weighted by atomic mass is 32.1. The Morgan fingerprint density at radius 2 is 1.79 bits per heavy atom. The molecule has 0 radical (unpaired) electrons. The molecule has 1 aliphatic heterocycles. The molecule has 3 heterocycles. The first-order chi connectivity index (χ1) is 16.6. The number of fused-ring (bicyclic) bond motifs is 2. The van der Waals surface area contributed by atoms with Gasteiger partial charge in [-0.2, -0.15) is 0 Å². The fourth-order valence-electron chi connectivity index (χ4n) is 5.36. The van der Waals surface area contributed by atoms with Crippen LogP contribution in [0.1, 0.15) is 52.8 Å². The second kappa shape index (κ2) is 8.36. The number of hydrogen-bond acceptors (Lipinski definition) is 5. The predicted octanol–water partition coefficient (Wildman–Crippen LogP) is 3.84. The van der Waals surface area contributed by atoms with Crippen LogP contribution in [-0.4, -0.2) is 43.8 Å². The molecule has 7 nitrogen and oxygen atoms in total. The van der Waals surface area contributed by atoms with Gasteiger partial charge in [-0.1, -0.05) is 47.7 Å². The molecule has 8 heteroatoms. The number of likely N-dealkylation sites (tertiary alicyclic amines) is 1. The molecule has 0 saturated carbocycles. The van der Waals surface area contributed by atoms with E-state index in [2.05, 4.69) is 9.55 Å². The number of carbonyl (C=O) groups excluding carboxylic acids is 2. The van der Waals surface area contributed by atoms with Gasteiger partial charge in [0.05, 0.1) is 16.1 Å². The minimum atomic E-state index is -0.360. The van der Waals surface area contributed by atoms with E-state index in [1.54, 1.807) is 10.8 Å². The molecule has 172 valence electrons. The number of Topliss-reactive ketones (excluding diaryl/α,β-unsaturated/α-hetero) is 1. The molecule has 0 spiro atoms. The van der Waals surface area contributed by atoms with E-state index in [1.165, 1.54) is 11.3 Å². The van der Waals surface area contributed by atoms with Crippen molar-refractivity contribution < 1.29 is 9.59 Å². The number of para-hydroxylation sites is 1. The molecule has 0 N–H and O–H groups in total. The van der Waals surface area contributed by atoms with Crippen LogP contribution in [0.4, 0.5) is 0 Å². The number of nitrogens with zero attached hydrogens (tertiary/aromatic N) is 4. The molecule has 1 aliphatic carbocycles. The Hall–Kier alpha value is -3.52. The molecule has 34 heavy (non-hydrogen) atoms. The number of imidazole rings is 1. The third kappa shape index (κ3) is 3.49. The van der Waals surface area contributed by atoms with Crippen LogP contribution in [0.3, 0.4) is 0 Å². The number of aromatic nitrogens is 3. The maximum Gasteiger partial charge on any atom is 0.309 e. The van der Waals surface area contributed by atoms with Gasteiger partial charge in [0.1, 0.15) is 12.5 Å². The Morgan fingerprint density at radius 3 is 2.65 bits per heavy atom. The summed E-state index contributed by atoms with van der Waals surface area (Å²) in [5, 5.41) is 0. The highest BCUT2D eigenvalue weighted by Gasteiger charge is 2.37. The third-order valence-corrected chi connectivity index (χ3v) is 8.07. The maximum absolute atomic E-state index is 13.3. The molecular weight excluding hydrogens is 448 g/mol. The van der Waals surface area contributed by atoms with Crippen LogP contribution < -0.4 is 4.87 Å². The van der Waals surface area contributed by atoms with Crippen LogP contribution in [-0.2, 0) is 11.5 Å². The van der Waals surface area contributed by atoms with Crippen molar-refractivity contribution in [1.82, 2.24) is 19.0 Å². The number of carbonyl (C=O) groups is 2. The van der Waals surface area contributed by atoms with Crippen molar-refractivity contribution >= 4 is 33.2 Å². The minimum Gasteiger partial charge on any atom is -0.342 e. The molecule has 2 aromatic carbocycles. The second-order valence-corrected chi connectivity index (χ2v) is 10.0. The summed E-state index contributed by atoms with van der Waals surface area (Å²) < 4.78 is 4.82. The monoisotopic (exact) mass is 472 g/mol. The molecule has 2 aliphatic rings. The summed E-state index contributed by atoms with van der Waals surface area (Å²) in [7, 11) is 0. The summed E-state index contributed by atoms with van der Waals surface area (Å²) in [6.07, 6.45) is 5.60. The van der Waals surface area contributed by atoms with Crippen molar-refractivity contribution in [2.75, 3.05) is 13.1 Å². The van der Waals surface area contributed by atoms with Crippen molar-refractivity contribution in [2.24, 2.45) is 0 Å². The lowest BCUT2D eigenvalue weighted by Crippen LogP contribution is -2.40. The van der Waals surface area contributed by atoms with Gasteiger partial charge in [-0.25, -0.2) is 4.98 Å². The molecule has 2 aromatic heterocycles. The van der Waals surface area contributed by atoms with Crippen molar-refractivity contribution in [3.05, 3.63) is 87.5 Å². The first-order valence-corrected chi connectivity index (χ1v) is 12.4. The van der Waals surface area contributed by atoms with E-state index >= 15 is 0 Å². The number of piperidine rings is 1. The summed E-state index contributed by atoms with van der Waals surface area (Å²) in [5.41, 5.74) is 2.49. The van der Waals surface area contributed by atoms with Crippen LogP contribution in [0.15, 0.2) is 65.7 Å². The zero-order valence-electron chi connectivity index (χ0n) is 18.6. The van der Waals surface area contributed by atoms with Gasteiger partial charge in [-0.3, -0.25) is 19.0 Å². The first-order valence-electron chi connectivity index (χ1n) is 11.6. The zero-order chi connectivity index (χ0) is 23.2. The van der Waals surface area contributed by atoms with Gasteiger partial charge in [0.25, 0.3) is 0 Å². The van der Waals surface area contributed by atoms with Gasteiger partial charge in [0.15, 0.2) is 5.78 Å². The lowest BCUT2D eigenvalue weighted by Gasteiger charge is -2.33. The summed E-state index contributed by atoms with van der Waals surface area (Å²) in [6, 6.07) is 15.3. The Labute approximate surface area is 200 Å². The van der Waals surface area contributed by atoms with E-state index in [0.29, 0.717) is 25.3 Å². The van der Waals surface area contributed by atoms with E-state index in [9.17, 15) is 14.4 Å². The Bertz CT molecular complexity index is 1460. The fourth-order valence-corrected chi connectivity index (χ4v) is 6.24. The predicted molar refractivity (Wildman–Crippen MR) is 130 cm³/mol. The van der Waals surface area contributed by atoms with Crippen molar-refractivity contribution in [3.63, 3.8) is 0 Å². The number of amides is 1. The molecular formula is C26H24N4O3S. The number of thiazole rings is 1. The van der Waals surface area contributed by atoms with E-state index in [1.807, 2.05) is 59.6 Å². The summed E-state index contributed by atoms with van der Waals surface area (Å²) >= 11 is 1.26. The van der Waals surface area contributed by atoms with Gasteiger partial charge in [-0.15, -0.1) is 0 Å². The molecule has 1 fully saturated rings. The fraction of sp³-hybridized carbons (Fsp3) is 0.308. The van der Waals surface area contributed by atoms with Crippen LogP contribution in [0.2, 0.25) is 0 Å². The number of ketones is 1. The highest BCUT2D eigenvalue weighted by molar-refractivity contribution is 7.16. The standard InChI is InChI=1S/C26H24N4O3S/c31-22-15-20(18-5-1-2-6-19(18)22)25(32)28-12-9-17(10-13-28)24-27-11-14-29(24)16-30-21-7-3-4-8-23(21)34-26(30)33/h1-8,11,14,17,20H,9-10,12-13,15-16H2. The Morgan fingerprint density at radius 1 is 1.03 bits per heavy atom. The van der Waals surface area contributed by atoms with Crippen molar-refractivity contribution in [1.29, 1.82) is 0 Å². The molecule has 4 aromatic rings. The maximum atomic E-state index is 13.3. The smallest absolute Gasteiger partial charge is 0.309 e. The average molecular weight is 473 g/mol. The SMILES string of the molecule is O=C1CC(C(=O)N2CCC(c3nccn3Cn3c(=O)sc4ccccc43)CC2)c2ccccc21. The summed E-state index contributed by atoms with van der Waals surface area (Å²) in [6.45, 7) is 1.72. The molecule has 1 amide bonds. The van der Waals surface area contributed by atoms with E-state index in [4.69, 9.17) is 0 Å². The van der Waals surface area contributed by atoms with Gasteiger partial charge in [-0.05, 0) is 30.5 Å². The van der Waals surface area contributed by atoms with E-state index in [0.717, 1.165) is 34.4 Å². The normalized spacial score (nSPS) is 18.5. The van der Waals surface area contributed by atoms with E-state index < -0.39 is 0 Å². The van der Waals surface area contributed by atoms with Gasteiger partial charge >= 0.3 is 4.87 Å². The number of hydrogen-bond donors (Lipinski definition) is 0. The lowest BCUT2D eigenvalue weighted by atomic mass is 9.93. The topological polar surface area (TPSA) is 77.2 Å². The zero-order valence-corrected chi connectivity index (χ0v) is 19.4. The number of rotatable bonds is 4. The van der Waals surface area contributed by atoms with Crippen molar-refractivity contribution in [3.8, 4) is 0 Å². The lowest BCUT2D eigenvalue weighted by molar-refractivity contribution is -0.133. The quantitative estimate of drug-likeness (QED) is 0.452. The van der Waals surface area contributed by atoms with Gasteiger partial charge < -0.3 is 9.47 Å². The summed E-state index contributed by atoms with van der Waals surface area (Å²) in [4.78, 5) is 44.7. The van der Waals surface area contributed by atoms with Crippen molar-refractivity contribution in [2.45, 2.75) is 37.8 Å². The van der Waals surface area contributed by atoms with Gasteiger partial charge in [0, 0.05) is 43.4 Å². The summed E-state index contributed by atoms with van der Waals surface area (Å²) in [5.74, 6) is 0.923. The molecule has 1 atom stereocenters. The third-order valence-electron chi connectivity index (χ3n) is 7.11. The largest absolute Gasteiger partial charge is 0.342 e. The molecule has 6 rings (SSSR count). The van der Waals surface area contributed by atoms with E-state index in [-0.39, 0.29) is 34.8 Å². The first kappa shape index (κ1) is 21.0.